The molecule has 16 nitrogen and oxygen atoms in total. The van der Waals surface area contributed by atoms with Gasteiger partial charge in [-0.2, -0.15) is 0 Å². The van der Waals surface area contributed by atoms with Crippen LogP contribution in [0.5, 0.6) is 17.2 Å². The summed E-state index contributed by atoms with van der Waals surface area (Å²) in [6, 6.07) is 36.8. The Labute approximate surface area is 450 Å². The van der Waals surface area contributed by atoms with Gasteiger partial charge in [-0.3, -0.25) is 29.4 Å². The molecular formula is C62H56N4O12. The summed E-state index contributed by atoms with van der Waals surface area (Å²) in [5.41, 5.74) is 3.71. The number of esters is 1. The van der Waals surface area contributed by atoms with E-state index in [4.69, 9.17) is 23.7 Å². The number of nitro benzene ring substituents is 1. The summed E-state index contributed by atoms with van der Waals surface area (Å²) in [6.07, 6.45) is 4.29. The zero-order chi connectivity index (χ0) is 54.1. The molecule has 4 heterocycles. The van der Waals surface area contributed by atoms with Gasteiger partial charge in [-0.1, -0.05) is 90.7 Å². The Morgan fingerprint density at radius 2 is 1.50 bits per heavy atom. The predicted molar refractivity (Wildman–Crippen MR) is 286 cm³/mol. The molecule has 78 heavy (non-hydrogen) atoms. The predicted octanol–water partition coefficient (Wildman–Crippen LogP) is 9.42. The number of imide groups is 1. The van der Waals surface area contributed by atoms with Crippen LogP contribution >= 0.6 is 0 Å². The third-order valence-corrected chi connectivity index (χ3v) is 15.7. The fraction of sp³-hybridized carbons (Fsp3) is 0.290. The van der Waals surface area contributed by atoms with Crippen LogP contribution in [0.2, 0.25) is 0 Å². The molecule has 0 bridgehead atoms. The Balaban J connectivity index is 1.16. The van der Waals surface area contributed by atoms with E-state index in [1.165, 1.54) is 31.4 Å². The van der Waals surface area contributed by atoms with Crippen LogP contribution < -0.4 is 19.1 Å². The number of anilines is 1. The van der Waals surface area contributed by atoms with Crippen LogP contribution in [-0.2, 0) is 48.8 Å². The molecule has 3 amide bonds. The highest BCUT2D eigenvalue weighted by Gasteiger charge is 2.76. The number of hydrogen-bond acceptors (Lipinski definition) is 13. The summed E-state index contributed by atoms with van der Waals surface area (Å²) in [5.74, 6) is 4.49. The number of methoxy groups -OCH3 is 2. The van der Waals surface area contributed by atoms with Gasteiger partial charge in [0.15, 0.2) is 11.5 Å². The van der Waals surface area contributed by atoms with Crippen LogP contribution in [-0.4, -0.2) is 83.7 Å². The molecule has 6 atom stereocenters. The first-order valence-electron chi connectivity index (χ1n) is 26.1. The van der Waals surface area contributed by atoms with Crippen molar-refractivity contribution in [1.29, 1.82) is 0 Å². The minimum Gasteiger partial charge on any atom is -0.493 e. The quantitative estimate of drug-likeness (QED) is 0.0529. The van der Waals surface area contributed by atoms with Gasteiger partial charge in [0.25, 0.3) is 5.69 Å². The number of nitro groups is 1. The summed E-state index contributed by atoms with van der Waals surface area (Å²) < 4.78 is 29.9. The van der Waals surface area contributed by atoms with E-state index >= 15 is 19.2 Å². The second-order valence-corrected chi connectivity index (χ2v) is 20.0. The number of aliphatic hydroxyl groups excluding tert-OH is 1. The molecule has 0 aromatic heterocycles. The van der Waals surface area contributed by atoms with Crippen LogP contribution in [0.25, 0.3) is 0 Å². The maximum absolute atomic E-state index is 16.9. The van der Waals surface area contributed by atoms with Crippen LogP contribution in [0.4, 0.5) is 16.2 Å². The molecular weight excluding hydrogens is 993 g/mol. The zero-order valence-corrected chi connectivity index (χ0v) is 43.0. The summed E-state index contributed by atoms with van der Waals surface area (Å²) in [4.78, 5) is 80.1. The molecule has 2 saturated heterocycles. The number of aliphatic hydroxyl groups is 1. The number of morpholine rings is 1. The van der Waals surface area contributed by atoms with Crippen molar-refractivity contribution in [2.45, 2.75) is 74.9 Å². The van der Waals surface area contributed by atoms with E-state index in [0.717, 1.165) is 52.8 Å². The van der Waals surface area contributed by atoms with Crippen molar-refractivity contribution in [3.05, 3.63) is 206 Å². The smallest absolute Gasteiger partial charge is 0.421 e. The van der Waals surface area contributed by atoms with Gasteiger partial charge in [0, 0.05) is 30.8 Å². The SMILES string of the molecule is COc1cc2c(cc1OC)CN(C(=O)C1C3C(=O)OC(c4ccccc4)C(c4ccccc4)N3C(c3ccc(OCCO)cc3)C13C(=O)N(C(=O)OCc1ccc([N+](=O)[O-])cc1)c1ccc(C#CC4=CCCCC4)cc13)CC2. The number of non-ortho nitro benzene ring substituents is 1. The molecule has 4 aliphatic heterocycles. The van der Waals surface area contributed by atoms with Crippen LogP contribution in [0.1, 0.15) is 88.4 Å². The van der Waals surface area contributed by atoms with E-state index in [1.807, 2.05) is 77.7 Å². The molecule has 1 aliphatic carbocycles. The van der Waals surface area contributed by atoms with Crippen LogP contribution in [0.3, 0.4) is 0 Å². The summed E-state index contributed by atoms with van der Waals surface area (Å²) in [5, 5.41) is 21.2. The summed E-state index contributed by atoms with van der Waals surface area (Å²) in [7, 11) is 3.10. The Morgan fingerprint density at radius 1 is 0.795 bits per heavy atom. The highest BCUT2D eigenvalue weighted by molar-refractivity contribution is 6.23. The maximum atomic E-state index is 16.9. The Bertz CT molecular complexity index is 3390. The van der Waals surface area contributed by atoms with E-state index in [-0.39, 0.29) is 49.8 Å². The molecule has 2 fully saturated rings. The third kappa shape index (κ3) is 9.18. The molecule has 6 aromatic carbocycles. The minimum absolute atomic E-state index is 0.0132. The highest BCUT2D eigenvalue weighted by Crippen LogP contribution is 2.66. The largest absolute Gasteiger partial charge is 0.493 e. The van der Waals surface area contributed by atoms with Gasteiger partial charge in [0.1, 0.15) is 36.5 Å². The first-order valence-corrected chi connectivity index (χ1v) is 26.1. The fourth-order valence-corrected chi connectivity index (χ4v) is 12.2. The maximum Gasteiger partial charge on any atom is 0.421 e. The first-order chi connectivity index (χ1) is 38.0. The van der Waals surface area contributed by atoms with E-state index in [1.54, 1.807) is 54.5 Å². The summed E-state index contributed by atoms with van der Waals surface area (Å²) >= 11 is 0. The fourth-order valence-electron chi connectivity index (χ4n) is 12.2. The van der Waals surface area contributed by atoms with Crippen molar-refractivity contribution in [2.24, 2.45) is 5.92 Å². The molecule has 0 radical (unpaired) electrons. The second kappa shape index (κ2) is 21.7. The number of nitrogens with zero attached hydrogens (tertiary/aromatic N) is 4. The van der Waals surface area contributed by atoms with Gasteiger partial charge in [-0.15, -0.1) is 0 Å². The number of fused-ring (bicyclic) bond motifs is 4. The monoisotopic (exact) mass is 1050 g/mol. The Kier molecular flexibility index (Phi) is 14.3. The number of hydrogen-bond donors (Lipinski definition) is 1. The molecule has 6 aromatic rings. The number of rotatable bonds is 12. The highest BCUT2D eigenvalue weighted by atomic mass is 16.6. The number of allylic oxidation sites excluding steroid dienone is 2. The Hall–Kier alpha value is -8.78. The topological polar surface area (TPSA) is 188 Å². The number of ether oxygens (including phenoxy) is 5. The lowest BCUT2D eigenvalue weighted by atomic mass is 9.64. The van der Waals surface area contributed by atoms with Gasteiger partial charge < -0.3 is 33.7 Å². The van der Waals surface area contributed by atoms with Crippen molar-refractivity contribution in [3.63, 3.8) is 0 Å². The molecule has 6 unspecified atom stereocenters. The van der Waals surface area contributed by atoms with Crippen LogP contribution in [0.15, 0.2) is 151 Å². The molecule has 1 spiro atoms. The number of benzene rings is 6. The minimum atomic E-state index is -2.10. The van der Waals surface area contributed by atoms with Crippen LogP contribution in [0, 0.1) is 27.9 Å². The molecule has 11 rings (SSSR count). The van der Waals surface area contributed by atoms with Gasteiger partial charge in [-0.25, -0.2) is 9.69 Å². The number of carbonyl (C=O) groups is 4. The van der Waals surface area contributed by atoms with Crippen molar-refractivity contribution < 1.29 is 52.9 Å². The molecule has 16 heteroatoms. The molecule has 396 valence electrons. The molecule has 5 aliphatic rings. The van der Waals surface area contributed by atoms with Crippen molar-refractivity contribution in [2.75, 3.05) is 38.9 Å². The average Bonchev–Trinajstić information content (AvgIpc) is 3.10. The number of amides is 3. The van der Waals surface area contributed by atoms with Crippen molar-refractivity contribution in [1.82, 2.24) is 9.80 Å². The van der Waals surface area contributed by atoms with Gasteiger partial charge in [0.2, 0.25) is 11.8 Å². The van der Waals surface area contributed by atoms with Gasteiger partial charge >= 0.3 is 12.1 Å². The van der Waals surface area contributed by atoms with Crippen molar-refractivity contribution >= 4 is 35.3 Å². The summed E-state index contributed by atoms with van der Waals surface area (Å²) in [6.45, 7) is -0.296. The molecule has 1 N–H and O–H groups in total. The lowest BCUT2D eigenvalue weighted by molar-refractivity contribution is -0.384. The first kappa shape index (κ1) is 51.3. The zero-order valence-electron chi connectivity index (χ0n) is 43.0. The van der Waals surface area contributed by atoms with Gasteiger partial charge in [-0.05, 0) is 131 Å². The second-order valence-electron chi connectivity index (χ2n) is 20.0. The van der Waals surface area contributed by atoms with E-state index in [9.17, 15) is 15.2 Å². The van der Waals surface area contributed by atoms with E-state index in [2.05, 4.69) is 17.9 Å². The van der Waals surface area contributed by atoms with E-state index < -0.39 is 64.4 Å². The average molecular weight is 1050 g/mol. The van der Waals surface area contributed by atoms with Crippen molar-refractivity contribution in [3.8, 4) is 29.1 Å². The number of carbonyl (C=O) groups excluding carboxylic acids is 4. The number of cyclic esters (lactones) is 1. The van der Waals surface area contributed by atoms with E-state index in [0.29, 0.717) is 45.9 Å². The normalized spacial score (nSPS) is 22.2. The lowest BCUT2D eigenvalue weighted by Gasteiger charge is -2.46. The third-order valence-electron chi connectivity index (χ3n) is 15.7. The lowest BCUT2D eigenvalue weighted by Crippen LogP contribution is -2.57. The van der Waals surface area contributed by atoms with Gasteiger partial charge in [0.05, 0.1) is 49.4 Å². The Morgan fingerprint density at radius 3 is 2.17 bits per heavy atom. The standard InChI is InChI=1S/C62H56N4O12/c1-74-51-35-45-30-31-63(37-46(45)36-52(51)75-2)58(68)53-55-59(69)78-56(43-16-10-5-11-17-43)54(42-14-8-4-9-15-42)65(55)57(44-23-27-48(28-24-44)76-33-32-67)62(53)49-34-40(19-18-39-12-6-3-7-13-39)22-29-50(49)64(60(62)70)61(71)77-38-41-20-25-47(26-21-41)66(72)73/h4-5,8-12,14-17,20-29,34-36,53-57,67H,3,6-7,13,30-33,37-38H2,1-2H3. The molecule has 0 saturated carbocycles.